The number of aryl methyl sites for hydroxylation is 1. The quantitative estimate of drug-likeness (QED) is 0.579. The number of hydrogen-bond donors (Lipinski definition) is 1. The van der Waals surface area contributed by atoms with Gasteiger partial charge in [0, 0.05) is 44.0 Å². The first kappa shape index (κ1) is 21.1. The molecule has 31 heavy (non-hydrogen) atoms. The molecule has 1 N–H and O–H groups in total. The lowest BCUT2D eigenvalue weighted by atomic mass is 9.65. The Morgan fingerprint density at radius 3 is 2.45 bits per heavy atom. The van der Waals surface area contributed by atoms with E-state index in [9.17, 15) is 14.7 Å². The number of aliphatic carboxylic acids is 1. The van der Waals surface area contributed by atoms with Crippen LogP contribution in [0.3, 0.4) is 0 Å². The number of Topliss-reactive ketones (excluding diaryl/α,β-unsaturated/α-hetero) is 1. The molecule has 164 valence electrons. The van der Waals surface area contributed by atoms with E-state index in [1.54, 1.807) is 22.7 Å². The molecule has 0 aliphatic heterocycles. The highest BCUT2D eigenvalue weighted by Gasteiger charge is 2.41. The number of carbonyl (C=O) groups is 2. The molecule has 0 amide bonds. The molecule has 2 aromatic rings. The third-order valence-electron chi connectivity index (χ3n) is 7.54. The van der Waals surface area contributed by atoms with Crippen molar-refractivity contribution in [3.8, 4) is 10.6 Å². The molecule has 6 heteroatoms. The van der Waals surface area contributed by atoms with E-state index in [0.717, 1.165) is 60.0 Å². The number of thiazole rings is 1. The fourth-order valence-electron chi connectivity index (χ4n) is 5.92. The average Bonchev–Trinajstić information content (AvgIpc) is 3.35. The van der Waals surface area contributed by atoms with Gasteiger partial charge < -0.3 is 5.11 Å². The third kappa shape index (κ3) is 3.72. The smallest absolute Gasteiger partial charge is 0.332 e. The highest BCUT2D eigenvalue weighted by molar-refractivity contribution is 7.15. The maximum absolute atomic E-state index is 13.6. The van der Waals surface area contributed by atoms with E-state index in [0.29, 0.717) is 17.6 Å². The van der Waals surface area contributed by atoms with Crippen LogP contribution in [-0.2, 0) is 28.9 Å². The number of hydrogen-bond acceptors (Lipinski definition) is 5. The molecule has 2 bridgehead atoms. The Hall–Kier alpha value is -1.79. The Morgan fingerprint density at radius 1 is 1.13 bits per heavy atom. The van der Waals surface area contributed by atoms with Gasteiger partial charge >= 0.3 is 5.97 Å². The standard InChI is InChI=1S/C25H29NO3S2/c1-3-14-4-9-17-19(10-14)31-20(23(17)24-26-13(2)12-30-24)11-18(27)21-15-5-7-16(8-6-15)22(21)25(28)29/h12,14-16H,3-11H2,1-2H3,(H,28,29). The lowest BCUT2D eigenvalue weighted by molar-refractivity contribution is -0.134. The molecule has 6 rings (SSSR count). The largest absolute Gasteiger partial charge is 0.478 e. The molecule has 1 unspecified atom stereocenters. The van der Waals surface area contributed by atoms with Gasteiger partial charge in [0.05, 0.1) is 0 Å². The molecule has 1 saturated carbocycles. The van der Waals surface area contributed by atoms with E-state index in [4.69, 9.17) is 4.98 Å². The number of nitrogens with zero attached hydrogens (tertiary/aromatic N) is 1. The van der Waals surface area contributed by atoms with Crippen LogP contribution in [0.15, 0.2) is 16.5 Å². The van der Waals surface area contributed by atoms with Gasteiger partial charge in [0.1, 0.15) is 5.01 Å². The van der Waals surface area contributed by atoms with Gasteiger partial charge in [-0.25, -0.2) is 9.78 Å². The number of rotatable bonds is 6. The van der Waals surface area contributed by atoms with E-state index in [1.165, 1.54) is 28.8 Å². The van der Waals surface area contributed by atoms with Gasteiger partial charge in [0.25, 0.3) is 0 Å². The third-order valence-corrected chi connectivity index (χ3v) is 9.77. The lowest BCUT2D eigenvalue weighted by Gasteiger charge is -2.38. The number of thiophene rings is 1. The van der Waals surface area contributed by atoms with E-state index in [-0.39, 0.29) is 17.6 Å². The van der Waals surface area contributed by atoms with Crippen LogP contribution in [0.5, 0.6) is 0 Å². The van der Waals surface area contributed by atoms with E-state index in [2.05, 4.69) is 12.3 Å². The van der Waals surface area contributed by atoms with Crippen molar-refractivity contribution >= 4 is 34.4 Å². The van der Waals surface area contributed by atoms with Crippen LogP contribution >= 0.6 is 22.7 Å². The number of allylic oxidation sites excluding steroid dienone is 1. The van der Waals surface area contributed by atoms with Crippen molar-refractivity contribution < 1.29 is 14.7 Å². The molecule has 0 spiro atoms. The summed E-state index contributed by atoms with van der Waals surface area (Å²) in [6, 6.07) is 0. The summed E-state index contributed by atoms with van der Waals surface area (Å²) in [5.41, 5.74) is 4.64. The molecule has 4 nitrogen and oxygen atoms in total. The summed E-state index contributed by atoms with van der Waals surface area (Å²) in [5, 5.41) is 13.0. The maximum atomic E-state index is 13.6. The Balaban J connectivity index is 1.55. The molecule has 4 aliphatic rings. The monoisotopic (exact) mass is 455 g/mol. The molecule has 1 fully saturated rings. The first-order chi connectivity index (χ1) is 15.0. The highest BCUT2D eigenvalue weighted by atomic mass is 32.1. The van der Waals surface area contributed by atoms with Crippen LogP contribution in [0.2, 0.25) is 0 Å². The Labute approximate surface area is 191 Å². The maximum Gasteiger partial charge on any atom is 0.332 e. The van der Waals surface area contributed by atoms with E-state index < -0.39 is 5.97 Å². The number of carbonyl (C=O) groups excluding carboxylic acids is 1. The number of aromatic nitrogens is 1. The van der Waals surface area contributed by atoms with Crippen LogP contribution in [0.1, 0.15) is 66.5 Å². The number of fused-ring (bicyclic) bond motifs is 3. The zero-order valence-electron chi connectivity index (χ0n) is 18.2. The minimum absolute atomic E-state index is 0.0342. The zero-order valence-corrected chi connectivity index (χ0v) is 19.8. The van der Waals surface area contributed by atoms with Crippen LogP contribution in [0.4, 0.5) is 0 Å². The normalized spacial score (nSPS) is 25.0. The minimum atomic E-state index is -0.884. The summed E-state index contributed by atoms with van der Waals surface area (Å²) in [6.07, 6.45) is 8.60. The van der Waals surface area contributed by atoms with Crippen molar-refractivity contribution in [2.75, 3.05) is 0 Å². The topological polar surface area (TPSA) is 67.3 Å². The molecule has 0 radical (unpaired) electrons. The SMILES string of the molecule is CCC1CCc2c(sc(CC(=O)C3=C(C(=O)O)C4CCC3CC4)c2-c2nc(C)cs2)C1. The molecule has 4 aliphatic carbocycles. The van der Waals surface area contributed by atoms with Crippen LogP contribution in [0, 0.1) is 24.7 Å². The fraction of sp³-hybridized carbons (Fsp3) is 0.560. The second kappa shape index (κ2) is 8.28. The van der Waals surface area contributed by atoms with Gasteiger partial charge in [0.2, 0.25) is 0 Å². The first-order valence-electron chi connectivity index (χ1n) is 11.5. The molecule has 1 atom stereocenters. The highest BCUT2D eigenvalue weighted by Crippen LogP contribution is 2.48. The predicted molar refractivity (Wildman–Crippen MR) is 125 cm³/mol. The summed E-state index contributed by atoms with van der Waals surface area (Å²) in [7, 11) is 0. The minimum Gasteiger partial charge on any atom is -0.478 e. The van der Waals surface area contributed by atoms with E-state index >= 15 is 0 Å². The summed E-state index contributed by atoms with van der Waals surface area (Å²) in [4.78, 5) is 32.9. The summed E-state index contributed by atoms with van der Waals surface area (Å²) in [6.45, 7) is 4.27. The Bertz CT molecular complexity index is 1070. The number of carboxylic acids is 1. The van der Waals surface area contributed by atoms with Gasteiger partial charge in [0.15, 0.2) is 5.78 Å². The fourth-order valence-corrected chi connectivity index (χ4v) is 8.35. The summed E-state index contributed by atoms with van der Waals surface area (Å²) >= 11 is 3.44. The predicted octanol–water partition coefficient (Wildman–Crippen LogP) is 6.01. The van der Waals surface area contributed by atoms with Crippen LogP contribution < -0.4 is 0 Å². The average molecular weight is 456 g/mol. The van der Waals surface area contributed by atoms with Crippen LogP contribution in [-0.4, -0.2) is 21.8 Å². The van der Waals surface area contributed by atoms with Crippen molar-refractivity contribution in [3.63, 3.8) is 0 Å². The van der Waals surface area contributed by atoms with Gasteiger partial charge in [-0.3, -0.25) is 4.79 Å². The van der Waals surface area contributed by atoms with Crippen molar-refractivity contribution in [2.24, 2.45) is 17.8 Å². The Morgan fingerprint density at radius 2 is 1.84 bits per heavy atom. The van der Waals surface area contributed by atoms with Gasteiger partial charge in [-0.05, 0) is 75.2 Å². The number of ketones is 1. The lowest BCUT2D eigenvalue weighted by Crippen LogP contribution is -2.34. The zero-order chi connectivity index (χ0) is 21.7. The molecule has 2 heterocycles. The van der Waals surface area contributed by atoms with Gasteiger partial charge in [-0.15, -0.1) is 22.7 Å². The number of carboxylic acid groups (broad SMARTS) is 1. The molecule has 0 aromatic carbocycles. The Kier molecular flexibility index (Phi) is 5.63. The second-order valence-electron chi connectivity index (χ2n) is 9.39. The molecule has 2 aromatic heterocycles. The molecule has 0 saturated heterocycles. The molecular formula is C25H29NO3S2. The van der Waals surface area contributed by atoms with Crippen molar-refractivity contribution in [3.05, 3.63) is 37.5 Å². The second-order valence-corrected chi connectivity index (χ2v) is 11.4. The van der Waals surface area contributed by atoms with Crippen LogP contribution in [0.25, 0.3) is 10.6 Å². The van der Waals surface area contributed by atoms with E-state index in [1.807, 2.05) is 6.92 Å². The van der Waals surface area contributed by atoms with Gasteiger partial charge in [-0.2, -0.15) is 0 Å². The summed E-state index contributed by atoms with van der Waals surface area (Å²) < 4.78 is 0. The van der Waals surface area contributed by atoms with Gasteiger partial charge in [-0.1, -0.05) is 13.3 Å². The first-order valence-corrected chi connectivity index (χ1v) is 13.2. The van der Waals surface area contributed by atoms with Crippen molar-refractivity contribution in [1.29, 1.82) is 0 Å². The van der Waals surface area contributed by atoms with Crippen molar-refractivity contribution in [2.45, 2.75) is 71.6 Å². The molecular weight excluding hydrogens is 426 g/mol. The van der Waals surface area contributed by atoms with Crippen molar-refractivity contribution in [1.82, 2.24) is 4.98 Å². The summed E-state index contributed by atoms with van der Waals surface area (Å²) in [5.74, 6) is 0.0605.